The Morgan fingerprint density at radius 1 is 1.00 bits per heavy atom. The molecule has 0 aliphatic carbocycles. The van der Waals surface area contributed by atoms with Crippen LogP contribution in [0.15, 0.2) is 41.3 Å². The smallest absolute Gasteiger partial charge is 0.241 e. The van der Waals surface area contributed by atoms with Crippen molar-refractivity contribution < 1.29 is 27.4 Å². The van der Waals surface area contributed by atoms with Gasteiger partial charge in [-0.1, -0.05) is 12.1 Å². The Hall–Kier alpha value is -2.33. The maximum absolute atomic E-state index is 13.2. The first kappa shape index (κ1) is 23.3. The second kappa shape index (κ2) is 10.3. The molecule has 2 aromatic rings. The van der Waals surface area contributed by atoms with Gasteiger partial charge in [0.25, 0.3) is 0 Å². The van der Waals surface area contributed by atoms with Gasteiger partial charge in [0.1, 0.15) is 5.75 Å². The molecule has 1 aliphatic heterocycles. The largest absolute Gasteiger partial charge is 0.497 e. The molecule has 1 saturated heterocycles. The summed E-state index contributed by atoms with van der Waals surface area (Å²) in [5.74, 6) is 1.61. The third-order valence-corrected chi connectivity index (χ3v) is 6.99. The number of rotatable bonds is 9. The van der Waals surface area contributed by atoms with Crippen molar-refractivity contribution in [1.82, 2.24) is 9.62 Å². The van der Waals surface area contributed by atoms with Crippen molar-refractivity contribution >= 4 is 10.0 Å². The van der Waals surface area contributed by atoms with Gasteiger partial charge in [-0.2, -0.15) is 0 Å². The zero-order valence-corrected chi connectivity index (χ0v) is 19.2. The van der Waals surface area contributed by atoms with Gasteiger partial charge in [0, 0.05) is 31.7 Å². The summed E-state index contributed by atoms with van der Waals surface area (Å²) in [6.07, 6.45) is 0. The lowest BCUT2D eigenvalue weighted by Gasteiger charge is -2.35. The Labute approximate surface area is 184 Å². The van der Waals surface area contributed by atoms with Gasteiger partial charge in [0.05, 0.1) is 39.4 Å². The molecule has 1 atom stereocenters. The summed E-state index contributed by atoms with van der Waals surface area (Å²) in [6.45, 7) is 4.66. The first-order valence-electron chi connectivity index (χ1n) is 10.1. The highest BCUT2D eigenvalue weighted by Gasteiger charge is 2.26. The summed E-state index contributed by atoms with van der Waals surface area (Å²) < 4.78 is 50.4. The minimum absolute atomic E-state index is 0.134. The van der Waals surface area contributed by atoms with E-state index in [0.717, 1.165) is 24.4 Å². The fourth-order valence-electron chi connectivity index (χ4n) is 3.69. The summed E-state index contributed by atoms with van der Waals surface area (Å²) in [6, 6.07) is 10.7. The van der Waals surface area contributed by atoms with Crippen LogP contribution in [0.3, 0.4) is 0 Å². The van der Waals surface area contributed by atoms with Gasteiger partial charge in [-0.15, -0.1) is 0 Å². The van der Waals surface area contributed by atoms with Crippen LogP contribution in [0.25, 0.3) is 0 Å². The van der Waals surface area contributed by atoms with Crippen LogP contribution in [0, 0.1) is 6.92 Å². The molecule has 1 aliphatic rings. The topological polar surface area (TPSA) is 86.3 Å². The van der Waals surface area contributed by atoms with Gasteiger partial charge in [0.15, 0.2) is 11.5 Å². The number of ether oxygens (including phenoxy) is 4. The molecule has 31 heavy (non-hydrogen) atoms. The highest BCUT2D eigenvalue weighted by atomic mass is 32.2. The van der Waals surface area contributed by atoms with Gasteiger partial charge in [-0.25, -0.2) is 13.1 Å². The van der Waals surface area contributed by atoms with Crippen LogP contribution in [-0.2, 0) is 14.8 Å². The molecule has 170 valence electrons. The number of nitrogens with zero attached hydrogens (tertiary/aromatic N) is 1. The van der Waals surface area contributed by atoms with Crippen molar-refractivity contribution in [1.29, 1.82) is 0 Å². The van der Waals surface area contributed by atoms with Crippen LogP contribution in [0.2, 0.25) is 0 Å². The minimum Gasteiger partial charge on any atom is -0.497 e. The van der Waals surface area contributed by atoms with Gasteiger partial charge in [-0.05, 0) is 36.2 Å². The number of hydrogen-bond donors (Lipinski definition) is 1. The number of nitrogens with one attached hydrogen (secondary N) is 1. The first-order chi connectivity index (χ1) is 14.9. The molecule has 0 spiro atoms. The van der Waals surface area contributed by atoms with Crippen LogP contribution >= 0.6 is 0 Å². The van der Waals surface area contributed by atoms with Gasteiger partial charge in [0.2, 0.25) is 10.0 Å². The van der Waals surface area contributed by atoms with Crippen LogP contribution in [-0.4, -0.2) is 67.5 Å². The average molecular weight is 451 g/mol. The molecule has 1 N–H and O–H groups in total. The highest BCUT2D eigenvalue weighted by Crippen LogP contribution is 2.32. The number of methoxy groups -OCH3 is 3. The van der Waals surface area contributed by atoms with E-state index in [1.54, 1.807) is 20.1 Å². The summed E-state index contributed by atoms with van der Waals surface area (Å²) >= 11 is 0. The molecule has 0 aromatic heterocycles. The maximum Gasteiger partial charge on any atom is 0.241 e. The van der Waals surface area contributed by atoms with E-state index in [4.69, 9.17) is 18.9 Å². The lowest BCUT2D eigenvalue weighted by atomic mass is 10.0. The third-order valence-electron chi connectivity index (χ3n) is 5.42. The molecule has 3 rings (SSSR count). The number of aryl methyl sites for hydroxylation is 1. The van der Waals surface area contributed by atoms with Crippen molar-refractivity contribution in [3.05, 3.63) is 47.5 Å². The van der Waals surface area contributed by atoms with Crippen molar-refractivity contribution in [3.8, 4) is 17.2 Å². The van der Waals surface area contributed by atoms with E-state index >= 15 is 0 Å². The molecule has 1 fully saturated rings. The van der Waals surface area contributed by atoms with Gasteiger partial charge < -0.3 is 18.9 Å². The Morgan fingerprint density at radius 3 is 2.19 bits per heavy atom. The Morgan fingerprint density at radius 2 is 1.61 bits per heavy atom. The molecule has 0 radical (unpaired) electrons. The van der Waals surface area contributed by atoms with Crippen LogP contribution < -0.4 is 18.9 Å². The van der Waals surface area contributed by atoms with E-state index in [1.165, 1.54) is 20.3 Å². The lowest BCUT2D eigenvalue weighted by Crippen LogP contribution is -2.43. The van der Waals surface area contributed by atoms with Crippen molar-refractivity contribution in [3.63, 3.8) is 0 Å². The lowest BCUT2D eigenvalue weighted by molar-refractivity contribution is 0.0172. The van der Waals surface area contributed by atoms with Crippen molar-refractivity contribution in [2.24, 2.45) is 0 Å². The normalized spacial score (nSPS) is 16.0. The fraction of sp³-hybridized carbons (Fsp3) is 0.455. The number of morpholine rings is 1. The third kappa shape index (κ3) is 5.48. The molecule has 2 aromatic carbocycles. The molecular weight excluding hydrogens is 420 g/mol. The van der Waals surface area contributed by atoms with Crippen LogP contribution in [0.4, 0.5) is 0 Å². The van der Waals surface area contributed by atoms with Crippen LogP contribution in [0.1, 0.15) is 17.2 Å². The SMILES string of the molecule is COc1ccc(C(CNS(=O)(=O)c2cc(OC)c(OC)cc2C)N2CCOCC2)cc1. The molecule has 9 heteroatoms. The molecular formula is C22H30N2O6S. The number of hydrogen-bond acceptors (Lipinski definition) is 7. The number of sulfonamides is 1. The maximum atomic E-state index is 13.2. The second-order valence-electron chi connectivity index (χ2n) is 7.26. The Kier molecular flexibility index (Phi) is 7.77. The summed E-state index contributed by atoms with van der Waals surface area (Å²) in [5, 5.41) is 0. The van der Waals surface area contributed by atoms with Gasteiger partial charge in [-0.3, -0.25) is 4.90 Å². The molecule has 0 saturated carbocycles. The average Bonchev–Trinajstić information content (AvgIpc) is 2.79. The quantitative estimate of drug-likeness (QED) is 0.628. The van der Waals surface area contributed by atoms with E-state index in [2.05, 4.69) is 9.62 Å². The zero-order chi connectivity index (χ0) is 22.4. The van der Waals surface area contributed by atoms with E-state index in [1.807, 2.05) is 24.3 Å². The Bertz CT molecular complexity index is 972. The molecule has 8 nitrogen and oxygen atoms in total. The first-order valence-corrected chi connectivity index (χ1v) is 11.6. The monoisotopic (exact) mass is 450 g/mol. The predicted octanol–water partition coefficient (Wildman–Crippen LogP) is 2.37. The Balaban J connectivity index is 1.86. The zero-order valence-electron chi connectivity index (χ0n) is 18.4. The molecule has 0 amide bonds. The number of benzene rings is 2. The van der Waals surface area contributed by atoms with Crippen molar-refractivity contribution in [2.45, 2.75) is 17.9 Å². The van der Waals surface area contributed by atoms with E-state index in [9.17, 15) is 8.42 Å². The molecule has 1 heterocycles. The summed E-state index contributed by atoms with van der Waals surface area (Å²) in [5.41, 5.74) is 1.59. The van der Waals surface area contributed by atoms with Crippen LogP contribution in [0.5, 0.6) is 17.2 Å². The van der Waals surface area contributed by atoms with E-state index in [0.29, 0.717) is 30.3 Å². The van der Waals surface area contributed by atoms with Gasteiger partial charge >= 0.3 is 0 Å². The second-order valence-corrected chi connectivity index (χ2v) is 9.00. The van der Waals surface area contributed by atoms with E-state index in [-0.39, 0.29) is 17.5 Å². The highest BCUT2D eigenvalue weighted by molar-refractivity contribution is 7.89. The fourth-order valence-corrected chi connectivity index (χ4v) is 4.97. The minimum atomic E-state index is -3.77. The summed E-state index contributed by atoms with van der Waals surface area (Å²) in [4.78, 5) is 2.40. The summed E-state index contributed by atoms with van der Waals surface area (Å²) in [7, 11) is 0.849. The molecule has 0 bridgehead atoms. The predicted molar refractivity (Wildman–Crippen MR) is 118 cm³/mol. The van der Waals surface area contributed by atoms with E-state index < -0.39 is 10.0 Å². The standard InChI is InChI=1S/C22H30N2O6S/c1-16-13-20(28-3)21(29-4)14-22(16)31(25,26)23-15-19(24-9-11-30-12-10-24)17-5-7-18(27-2)8-6-17/h5-8,13-14,19,23H,9-12,15H2,1-4H3. The molecule has 1 unspecified atom stereocenters. The van der Waals surface area contributed by atoms with Crippen molar-refractivity contribution in [2.75, 3.05) is 54.2 Å².